The van der Waals surface area contributed by atoms with Crippen molar-refractivity contribution >= 4 is 15.7 Å². The predicted molar refractivity (Wildman–Crippen MR) is 88.9 cm³/mol. The fourth-order valence-electron chi connectivity index (χ4n) is 3.54. The second-order valence-electron chi connectivity index (χ2n) is 6.42. The Morgan fingerprint density at radius 1 is 1.09 bits per heavy atom. The van der Waals surface area contributed by atoms with Gasteiger partial charge >= 0.3 is 0 Å². The lowest BCUT2D eigenvalue weighted by molar-refractivity contribution is -0.130. The van der Waals surface area contributed by atoms with Gasteiger partial charge in [0.05, 0.1) is 10.6 Å². The number of carbonyl (C=O) groups is 1. The summed E-state index contributed by atoms with van der Waals surface area (Å²) < 4.78 is 24.7. The molecule has 0 saturated carbocycles. The molecule has 23 heavy (non-hydrogen) atoms. The van der Waals surface area contributed by atoms with Gasteiger partial charge in [0, 0.05) is 32.1 Å². The van der Waals surface area contributed by atoms with Gasteiger partial charge < -0.3 is 9.80 Å². The Morgan fingerprint density at radius 2 is 1.87 bits per heavy atom. The lowest BCUT2D eigenvalue weighted by Gasteiger charge is -2.37. The number of sulfone groups is 1. The maximum atomic E-state index is 12.4. The van der Waals surface area contributed by atoms with Crippen LogP contribution < -0.4 is 0 Å². The van der Waals surface area contributed by atoms with Crippen LogP contribution >= 0.6 is 0 Å². The fraction of sp³-hybridized carbons (Fsp3) is 0.588. The summed E-state index contributed by atoms with van der Waals surface area (Å²) in [4.78, 5) is 16.5. The molecule has 0 bridgehead atoms. The normalized spacial score (nSPS) is 23.4. The van der Waals surface area contributed by atoms with Crippen molar-refractivity contribution in [2.75, 3.05) is 31.9 Å². The van der Waals surface area contributed by atoms with Crippen LogP contribution in [0.4, 0.5) is 0 Å². The van der Waals surface area contributed by atoms with E-state index in [0.717, 1.165) is 38.9 Å². The maximum absolute atomic E-state index is 12.4. The molecule has 0 spiro atoms. The van der Waals surface area contributed by atoms with E-state index in [1.807, 2.05) is 11.0 Å². The van der Waals surface area contributed by atoms with Gasteiger partial charge in [-0.15, -0.1) is 0 Å². The number of rotatable bonds is 5. The van der Waals surface area contributed by atoms with Gasteiger partial charge in [0.25, 0.3) is 0 Å². The van der Waals surface area contributed by atoms with Crippen molar-refractivity contribution in [1.29, 1.82) is 0 Å². The first-order valence-corrected chi connectivity index (χ1v) is 10.0. The molecule has 3 rings (SSSR count). The van der Waals surface area contributed by atoms with Crippen molar-refractivity contribution in [2.24, 2.45) is 0 Å². The Hall–Kier alpha value is -1.40. The lowest BCUT2D eigenvalue weighted by atomic mass is 10.0. The van der Waals surface area contributed by atoms with Crippen molar-refractivity contribution in [3.8, 4) is 0 Å². The largest absolute Gasteiger partial charge is 0.338 e. The Balaban J connectivity index is 1.57. The first-order chi connectivity index (χ1) is 11.1. The third kappa shape index (κ3) is 3.93. The van der Waals surface area contributed by atoms with Crippen LogP contribution in [0, 0.1) is 0 Å². The predicted octanol–water partition coefficient (Wildman–Crippen LogP) is 1.55. The number of benzene rings is 1. The molecule has 6 heteroatoms. The van der Waals surface area contributed by atoms with Crippen LogP contribution in [0.1, 0.15) is 25.7 Å². The topological polar surface area (TPSA) is 57.7 Å². The minimum Gasteiger partial charge on any atom is -0.338 e. The van der Waals surface area contributed by atoms with Crippen LogP contribution in [0.3, 0.4) is 0 Å². The van der Waals surface area contributed by atoms with Gasteiger partial charge in [-0.05, 0) is 37.9 Å². The van der Waals surface area contributed by atoms with Crippen LogP contribution in [-0.2, 0) is 14.6 Å². The molecule has 1 aromatic carbocycles. The molecule has 1 aromatic rings. The molecule has 1 atom stereocenters. The van der Waals surface area contributed by atoms with Crippen molar-refractivity contribution in [1.82, 2.24) is 9.80 Å². The van der Waals surface area contributed by atoms with Gasteiger partial charge in [0.2, 0.25) is 5.91 Å². The van der Waals surface area contributed by atoms with E-state index in [4.69, 9.17) is 0 Å². The molecule has 0 radical (unpaired) electrons. The van der Waals surface area contributed by atoms with Crippen LogP contribution in [0.5, 0.6) is 0 Å². The van der Waals surface area contributed by atoms with E-state index < -0.39 is 9.84 Å². The average Bonchev–Trinajstić information content (AvgIpc) is 3.00. The molecule has 0 aliphatic carbocycles. The number of hydrogen-bond donors (Lipinski definition) is 0. The molecule has 2 aliphatic heterocycles. The van der Waals surface area contributed by atoms with E-state index in [2.05, 4.69) is 4.90 Å². The Bertz CT molecular complexity index is 645. The van der Waals surface area contributed by atoms with Crippen molar-refractivity contribution in [3.05, 3.63) is 30.3 Å². The smallest absolute Gasteiger partial charge is 0.222 e. The van der Waals surface area contributed by atoms with Gasteiger partial charge in [-0.25, -0.2) is 8.42 Å². The van der Waals surface area contributed by atoms with E-state index in [-0.39, 0.29) is 17.7 Å². The molecule has 5 nitrogen and oxygen atoms in total. The molecule has 1 unspecified atom stereocenters. The molecule has 126 valence electrons. The molecular formula is C17H24N2O3S. The maximum Gasteiger partial charge on any atom is 0.222 e. The Morgan fingerprint density at radius 3 is 2.57 bits per heavy atom. The van der Waals surface area contributed by atoms with E-state index >= 15 is 0 Å². The monoisotopic (exact) mass is 336 g/mol. The lowest BCUT2D eigenvalue weighted by Crippen LogP contribution is -2.49. The summed E-state index contributed by atoms with van der Waals surface area (Å²) in [5.41, 5.74) is 0. The molecule has 2 saturated heterocycles. The molecule has 0 aromatic heterocycles. The SMILES string of the molecule is O=C1CCCN1C1CCCN(CCS(=O)(=O)c2ccccc2)C1. The van der Waals surface area contributed by atoms with E-state index in [1.54, 1.807) is 24.3 Å². The summed E-state index contributed by atoms with van der Waals surface area (Å²) in [6.07, 6.45) is 3.68. The summed E-state index contributed by atoms with van der Waals surface area (Å²) in [7, 11) is -3.23. The summed E-state index contributed by atoms with van der Waals surface area (Å²) in [6, 6.07) is 8.89. The highest BCUT2D eigenvalue weighted by Gasteiger charge is 2.31. The summed E-state index contributed by atoms with van der Waals surface area (Å²) in [5.74, 6) is 0.395. The number of carbonyl (C=O) groups excluding carboxylic acids is 1. The van der Waals surface area contributed by atoms with Crippen LogP contribution in [0.25, 0.3) is 0 Å². The zero-order valence-electron chi connectivity index (χ0n) is 13.4. The van der Waals surface area contributed by atoms with Crippen LogP contribution in [0.15, 0.2) is 35.2 Å². The van der Waals surface area contributed by atoms with Gasteiger partial charge in [0.15, 0.2) is 9.84 Å². The van der Waals surface area contributed by atoms with Crippen molar-refractivity contribution in [2.45, 2.75) is 36.6 Å². The zero-order valence-corrected chi connectivity index (χ0v) is 14.2. The second kappa shape index (κ2) is 7.01. The second-order valence-corrected chi connectivity index (χ2v) is 8.53. The molecular weight excluding hydrogens is 312 g/mol. The first-order valence-electron chi connectivity index (χ1n) is 8.36. The highest BCUT2D eigenvalue weighted by Crippen LogP contribution is 2.21. The average molecular weight is 336 g/mol. The van der Waals surface area contributed by atoms with E-state index in [9.17, 15) is 13.2 Å². The molecule has 0 N–H and O–H groups in total. The number of likely N-dealkylation sites (tertiary alicyclic amines) is 2. The Kier molecular flexibility index (Phi) is 5.02. The first kappa shape index (κ1) is 16.5. The zero-order chi connectivity index (χ0) is 16.3. The third-order valence-electron chi connectivity index (χ3n) is 4.81. The summed E-state index contributed by atoms with van der Waals surface area (Å²) >= 11 is 0. The van der Waals surface area contributed by atoms with E-state index in [1.165, 1.54) is 0 Å². The number of hydrogen-bond acceptors (Lipinski definition) is 4. The highest BCUT2D eigenvalue weighted by molar-refractivity contribution is 7.91. The van der Waals surface area contributed by atoms with Crippen molar-refractivity contribution in [3.63, 3.8) is 0 Å². The minimum atomic E-state index is -3.23. The van der Waals surface area contributed by atoms with E-state index in [0.29, 0.717) is 17.9 Å². The summed E-state index contributed by atoms with van der Waals surface area (Å²) in [5, 5.41) is 0. The quantitative estimate of drug-likeness (QED) is 0.818. The van der Waals surface area contributed by atoms with Crippen molar-refractivity contribution < 1.29 is 13.2 Å². The number of nitrogens with zero attached hydrogens (tertiary/aromatic N) is 2. The minimum absolute atomic E-state index is 0.137. The van der Waals surface area contributed by atoms with Gasteiger partial charge in [0.1, 0.15) is 0 Å². The Labute approximate surface area is 138 Å². The molecule has 2 aliphatic rings. The number of piperidine rings is 1. The third-order valence-corrected chi connectivity index (χ3v) is 6.52. The molecule has 2 fully saturated rings. The van der Waals surface area contributed by atoms with Gasteiger partial charge in [-0.2, -0.15) is 0 Å². The summed E-state index contributed by atoms with van der Waals surface area (Å²) in [6.45, 7) is 3.12. The molecule has 1 amide bonds. The van der Waals surface area contributed by atoms with Gasteiger partial charge in [-0.1, -0.05) is 18.2 Å². The molecule has 2 heterocycles. The van der Waals surface area contributed by atoms with Gasteiger partial charge in [-0.3, -0.25) is 4.79 Å². The fourth-order valence-corrected chi connectivity index (χ4v) is 4.84. The van der Waals surface area contributed by atoms with Crippen LogP contribution in [-0.4, -0.2) is 62.1 Å². The highest BCUT2D eigenvalue weighted by atomic mass is 32.2. The number of amides is 1. The van der Waals surface area contributed by atoms with Crippen LogP contribution in [0.2, 0.25) is 0 Å². The standard InChI is InChI=1S/C17H24N2O3S/c20-17-9-5-11-19(17)15-6-4-10-18(14-15)12-13-23(21,22)16-7-2-1-3-8-16/h1-3,7-8,15H,4-6,9-14H2.